The standard InChI is InChI=1S/C18H18O/c1-2-3-12-19-13-18-16-10-6-4-8-14(16)15-9-5-7-11-17(15)18/h3-12,18H,2,13H2,1H3/b12-3+. The molecule has 0 fully saturated rings. The Hall–Kier alpha value is -2.02. The summed E-state index contributed by atoms with van der Waals surface area (Å²) in [5.74, 6) is 0.355. The van der Waals surface area contributed by atoms with Gasteiger partial charge in [0.05, 0.1) is 12.9 Å². The molecule has 0 aliphatic heterocycles. The van der Waals surface area contributed by atoms with Gasteiger partial charge >= 0.3 is 0 Å². The summed E-state index contributed by atoms with van der Waals surface area (Å²) in [6, 6.07) is 17.3. The third kappa shape index (κ3) is 2.17. The highest BCUT2D eigenvalue weighted by Crippen LogP contribution is 2.44. The molecule has 1 aliphatic carbocycles. The van der Waals surface area contributed by atoms with Crippen LogP contribution in [0.2, 0.25) is 0 Å². The van der Waals surface area contributed by atoms with Crippen LogP contribution in [-0.4, -0.2) is 6.61 Å². The van der Waals surface area contributed by atoms with Crippen LogP contribution in [0.1, 0.15) is 30.4 Å². The SMILES string of the molecule is CC/C=C/OCC1c2ccccc2-c2ccccc21. The topological polar surface area (TPSA) is 9.23 Å². The number of ether oxygens (including phenoxy) is 1. The lowest BCUT2D eigenvalue weighted by molar-refractivity contribution is 0.238. The van der Waals surface area contributed by atoms with Crippen molar-refractivity contribution in [3.05, 3.63) is 72.0 Å². The van der Waals surface area contributed by atoms with Gasteiger partial charge in [-0.25, -0.2) is 0 Å². The molecule has 0 atom stereocenters. The first-order valence-corrected chi connectivity index (χ1v) is 6.86. The second-order valence-corrected chi connectivity index (χ2v) is 4.84. The monoisotopic (exact) mass is 250 g/mol. The van der Waals surface area contributed by atoms with Crippen LogP contribution in [0.4, 0.5) is 0 Å². The van der Waals surface area contributed by atoms with Crippen molar-refractivity contribution in [2.75, 3.05) is 6.61 Å². The van der Waals surface area contributed by atoms with Gasteiger partial charge < -0.3 is 4.74 Å². The normalized spacial score (nSPS) is 13.5. The molecule has 0 saturated heterocycles. The van der Waals surface area contributed by atoms with Gasteiger partial charge in [-0.05, 0) is 28.7 Å². The Morgan fingerprint density at radius 3 is 2.11 bits per heavy atom. The van der Waals surface area contributed by atoms with Gasteiger partial charge in [-0.3, -0.25) is 0 Å². The van der Waals surface area contributed by atoms with E-state index in [1.165, 1.54) is 22.3 Å². The lowest BCUT2D eigenvalue weighted by Crippen LogP contribution is -2.04. The fraction of sp³-hybridized carbons (Fsp3) is 0.222. The molecule has 0 spiro atoms. The molecule has 96 valence electrons. The van der Waals surface area contributed by atoms with Crippen molar-refractivity contribution in [2.24, 2.45) is 0 Å². The average molecular weight is 250 g/mol. The number of hydrogen-bond donors (Lipinski definition) is 0. The summed E-state index contributed by atoms with van der Waals surface area (Å²) in [5.41, 5.74) is 5.47. The number of rotatable bonds is 4. The molecule has 0 amide bonds. The van der Waals surface area contributed by atoms with Crippen LogP contribution in [0.25, 0.3) is 11.1 Å². The zero-order valence-electron chi connectivity index (χ0n) is 11.2. The van der Waals surface area contributed by atoms with E-state index in [2.05, 4.69) is 55.5 Å². The molecule has 1 heteroatoms. The first kappa shape index (κ1) is 12.0. The van der Waals surface area contributed by atoms with Crippen LogP contribution >= 0.6 is 0 Å². The molecule has 0 aromatic heterocycles. The van der Waals surface area contributed by atoms with Crippen molar-refractivity contribution >= 4 is 0 Å². The van der Waals surface area contributed by atoms with E-state index in [1.54, 1.807) is 0 Å². The Morgan fingerprint density at radius 1 is 0.947 bits per heavy atom. The van der Waals surface area contributed by atoms with Crippen LogP contribution in [0.5, 0.6) is 0 Å². The molecule has 2 aromatic rings. The van der Waals surface area contributed by atoms with Crippen molar-refractivity contribution < 1.29 is 4.74 Å². The first-order chi connectivity index (χ1) is 9.42. The first-order valence-electron chi connectivity index (χ1n) is 6.86. The Morgan fingerprint density at radius 2 is 1.53 bits per heavy atom. The smallest absolute Gasteiger partial charge is 0.0982 e. The van der Waals surface area contributed by atoms with Gasteiger partial charge in [-0.15, -0.1) is 0 Å². The summed E-state index contributed by atoms with van der Waals surface area (Å²) in [6.07, 6.45) is 4.88. The fourth-order valence-corrected chi connectivity index (χ4v) is 2.76. The van der Waals surface area contributed by atoms with Gasteiger partial charge in [0.15, 0.2) is 0 Å². The summed E-state index contributed by atoms with van der Waals surface area (Å²) in [7, 11) is 0. The van der Waals surface area contributed by atoms with Crippen molar-refractivity contribution in [1.29, 1.82) is 0 Å². The Labute approximate surface area is 114 Å². The van der Waals surface area contributed by atoms with Crippen molar-refractivity contribution in [2.45, 2.75) is 19.3 Å². The van der Waals surface area contributed by atoms with Crippen molar-refractivity contribution in [1.82, 2.24) is 0 Å². The Balaban J connectivity index is 1.93. The van der Waals surface area contributed by atoms with Crippen molar-refractivity contribution in [3.8, 4) is 11.1 Å². The molecule has 0 heterocycles. The van der Waals surface area contributed by atoms with Gasteiger partial charge in [-0.1, -0.05) is 61.5 Å². The number of benzene rings is 2. The quantitative estimate of drug-likeness (QED) is 0.712. The maximum absolute atomic E-state index is 5.69. The fourth-order valence-electron chi connectivity index (χ4n) is 2.76. The second-order valence-electron chi connectivity index (χ2n) is 4.84. The summed E-state index contributed by atoms with van der Waals surface area (Å²) in [6.45, 7) is 2.82. The molecule has 1 aliphatic rings. The van der Waals surface area contributed by atoms with Gasteiger partial charge in [0.2, 0.25) is 0 Å². The minimum absolute atomic E-state index is 0.355. The Bertz CT molecular complexity index is 553. The van der Waals surface area contributed by atoms with E-state index in [1.807, 2.05) is 12.3 Å². The third-order valence-corrected chi connectivity index (χ3v) is 3.65. The van der Waals surface area contributed by atoms with Crippen LogP contribution in [0.15, 0.2) is 60.9 Å². The molecule has 19 heavy (non-hydrogen) atoms. The highest BCUT2D eigenvalue weighted by Gasteiger charge is 2.27. The molecule has 0 saturated carbocycles. The van der Waals surface area contributed by atoms with E-state index < -0.39 is 0 Å². The van der Waals surface area contributed by atoms with Crippen LogP contribution in [0, 0.1) is 0 Å². The zero-order valence-corrected chi connectivity index (χ0v) is 11.2. The maximum atomic E-state index is 5.69. The highest BCUT2D eigenvalue weighted by molar-refractivity contribution is 5.78. The predicted octanol–water partition coefficient (Wildman–Crippen LogP) is 4.74. The number of allylic oxidation sites excluding steroid dienone is 1. The maximum Gasteiger partial charge on any atom is 0.0982 e. The second kappa shape index (κ2) is 5.31. The summed E-state index contributed by atoms with van der Waals surface area (Å²) in [4.78, 5) is 0. The lowest BCUT2D eigenvalue weighted by Gasteiger charge is -2.12. The number of hydrogen-bond acceptors (Lipinski definition) is 1. The molecule has 0 unspecified atom stereocenters. The molecular formula is C18H18O. The van der Waals surface area contributed by atoms with Crippen LogP contribution < -0.4 is 0 Å². The molecule has 2 aromatic carbocycles. The van der Waals surface area contributed by atoms with E-state index in [9.17, 15) is 0 Å². The van der Waals surface area contributed by atoms with E-state index in [0.29, 0.717) is 12.5 Å². The predicted molar refractivity (Wildman–Crippen MR) is 79.1 cm³/mol. The average Bonchev–Trinajstić information content (AvgIpc) is 2.78. The van der Waals surface area contributed by atoms with Gasteiger partial charge in [0.1, 0.15) is 0 Å². The zero-order chi connectivity index (χ0) is 13.1. The van der Waals surface area contributed by atoms with E-state index in [4.69, 9.17) is 4.74 Å². The van der Waals surface area contributed by atoms with Gasteiger partial charge in [0, 0.05) is 5.92 Å². The third-order valence-electron chi connectivity index (χ3n) is 3.65. The lowest BCUT2D eigenvalue weighted by atomic mass is 9.98. The van der Waals surface area contributed by atoms with E-state index in [0.717, 1.165) is 6.42 Å². The largest absolute Gasteiger partial charge is 0.501 e. The van der Waals surface area contributed by atoms with E-state index in [-0.39, 0.29) is 0 Å². The molecule has 0 radical (unpaired) electrons. The highest BCUT2D eigenvalue weighted by atomic mass is 16.5. The Kier molecular flexibility index (Phi) is 3.37. The summed E-state index contributed by atoms with van der Waals surface area (Å²) < 4.78 is 5.69. The molecule has 3 rings (SSSR count). The molecule has 0 N–H and O–H groups in total. The van der Waals surface area contributed by atoms with Crippen LogP contribution in [0.3, 0.4) is 0 Å². The summed E-state index contributed by atoms with van der Waals surface area (Å²) in [5, 5.41) is 0. The van der Waals surface area contributed by atoms with Crippen LogP contribution in [-0.2, 0) is 4.74 Å². The summed E-state index contributed by atoms with van der Waals surface area (Å²) >= 11 is 0. The van der Waals surface area contributed by atoms with Gasteiger partial charge in [0.25, 0.3) is 0 Å². The molecule has 0 bridgehead atoms. The van der Waals surface area contributed by atoms with E-state index >= 15 is 0 Å². The minimum atomic E-state index is 0.355. The number of fused-ring (bicyclic) bond motifs is 3. The molecule has 1 nitrogen and oxygen atoms in total. The van der Waals surface area contributed by atoms with Crippen molar-refractivity contribution in [3.63, 3.8) is 0 Å². The molecular weight excluding hydrogens is 232 g/mol. The minimum Gasteiger partial charge on any atom is -0.501 e. The van der Waals surface area contributed by atoms with Gasteiger partial charge in [-0.2, -0.15) is 0 Å².